The van der Waals surface area contributed by atoms with E-state index in [0.717, 1.165) is 42.6 Å². The van der Waals surface area contributed by atoms with Gasteiger partial charge in [-0.05, 0) is 31.7 Å². The molecule has 4 rings (SSSR count). The van der Waals surface area contributed by atoms with Gasteiger partial charge in [0.2, 0.25) is 5.95 Å². The standard InChI is InChI=1S/C16H20N6O2/c17-16-18-13-4-2-1-3-12(13)14(19-16)15(24)21-5-6-22-11(8-21)7-10(9-23)20-22/h7,23H,1-6,8-9H2,(H2,17,18,19). The van der Waals surface area contributed by atoms with Crippen molar-refractivity contribution in [3.8, 4) is 0 Å². The van der Waals surface area contributed by atoms with Crippen LogP contribution in [0.15, 0.2) is 6.07 Å². The molecular formula is C16H20N6O2. The van der Waals surface area contributed by atoms with Gasteiger partial charge in [0.15, 0.2) is 0 Å². The molecular weight excluding hydrogens is 308 g/mol. The summed E-state index contributed by atoms with van der Waals surface area (Å²) in [4.78, 5) is 23.3. The lowest BCUT2D eigenvalue weighted by Crippen LogP contribution is -2.39. The molecule has 1 amide bonds. The second-order valence-corrected chi connectivity index (χ2v) is 6.30. The zero-order valence-electron chi connectivity index (χ0n) is 13.4. The SMILES string of the molecule is Nc1nc2c(c(C(=O)N3CCn4nc(CO)cc4C3)n1)CCCC2. The lowest BCUT2D eigenvalue weighted by molar-refractivity contribution is 0.0698. The molecule has 0 atom stereocenters. The van der Waals surface area contributed by atoms with Crippen LogP contribution in [0.1, 0.15) is 46.0 Å². The topological polar surface area (TPSA) is 110 Å². The summed E-state index contributed by atoms with van der Waals surface area (Å²) < 4.78 is 1.85. The maximum atomic E-state index is 13.0. The molecule has 3 heterocycles. The molecule has 24 heavy (non-hydrogen) atoms. The second-order valence-electron chi connectivity index (χ2n) is 6.30. The molecule has 8 heteroatoms. The fourth-order valence-electron chi connectivity index (χ4n) is 3.52. The van der Waals surface area contributed by atoms with Crippen LogP contribution in [0.25, 0.3) is 0 Å². The van der Waals surface area contributed by atoms with Crippen LogP contribution in [0.2, 0.25) is 0 Å². The van der Waals surface area contributed by atoms with Crippen molar-refractivity contribution in [2.75, 3.05) is 12.3 Å². The fraction of sp³-hybridized carbons (Fsp3) is 0.500. The maximum Gasteiger partial charge on any atom is 0.273 e. The third-order valence-corrected chi connectivity index (χ3v) is 4.70. The molecule has 0 bridgehead atoms. The summed E-state index contributed by atoms with van der Waals surface area (Å²) in [5.41, 5.74) is 9.69. The monoisotopic (exact) mass is 328 g/mol. The minimum Gasteiger partial charge on any atom is -0.390 e. The number of nitrogen functional groups attached to an aromatic ring is 1. The van der Waals surface area contributed by atoms with E-state index in [2.05, 4.69) is 15.1 Å². The molecule has 8 nitrogen and oxygen atoms in total. The van der Waals surface area contributed by atoms with E-state index in [9.17, 15) is 9.90 Å². The van der Waals surface area contributed by atoms with E-state index < -0.39 is 0 Å². The number of aliphatic hydroxyl groups excluding tert-OH is 1. The molecule has 0 aromatic carbocycles. The predicted octanol–water partition coefficient (Wildman–Crippen LogP) is 0.282. The molecule has 0 spiro atoms. The Balaban J connectivity index is 1.64. The van der Waals surface area contributed by atoms with Gasteiger partial charge < -0.3 is 15.7 Å². The molecule has 0 fully saturated rings. The summed E-state index contributed by atoms with van der Waals surface area (Å²) in [6, 6.07) is 1.84. The summed E-state index contributed by atoms with van der Waals surface area (Å²) in [6.45, 7) is 1.55. The Kier molecular flexibility index (Phi) is 3.68. The van der Waals surface area contributed by atoms with E-state index in [1.807, 2.05) is 10.7 Å². The number of carbonyl (C=O) groups excluding carboxylic acids is 1. The number of nitrogens with zero attached hydrogens (tertiary/aromatic N) is 5. The van der Waals surface area contributed by atoms with Gasteiger partial charge in [-0.3, -0.25) is 9.48 Å². The third-order valence-electron chi connectivity index (χ3n) is 4.70. The van der Waals surface area contributed by atoms with Crippen LogP contribution in [0.3, 0.4) is 0 Å². The first kappa shape index (κ1) is 15.1. The van der Waals surface area contributed by atoms with Crippen LogP contribution in [0.5, 0.6) is 0 Å². The highest BCUT2D eigenvalue weighted by atomic mass is 16.3. The van der Waals surface area contributed by atoms with Gasteiger partial charge in [0.25, 0.3) is 5.91 Å². The molecule has 3 N–H and O–H groups in total. The number of hydrogen-bond donors (Lipinski definition) is 2. The molecule has 126 valence electrons. The van der Waals surface area contributed by atoms with Crippen molar-refractivity contribution >= 4 is 11.9 Å². The Morgan fingerprint density at radius 3 is 2.92 bits per heavy atom. The van der Waals surface area contributed by atoms with E-state index in [-0.39, 0.29) is 18.5 Å². The number of fused-ring (bicyclic) bond motifs is 2. The highest BCUT2D eigenvalue weighted by Gasteiger charge is 2.28. The number of hydrogen-bond acceptors (Lipinski definition) is 6. The van der Waals surface area contributed by atoms with Gasteiger partial charge in [0.1, 0.15) is 5.69 Å². The molecule has 0 radical (unpaired) electrons. The van der Waals surface area contributed by atoms with E-state index in [1.165, 1.54) is 0 Å². The van der Waals surface area contributed by atoms with Crippen molar-refractivity contribution in [2.45, 2.75) is 45.4 Å². The van der Waals surface area contributed by atoms with Crippen LogP contribution in [0.4, 0.5) is 5.95 Å². The Morgan fingerprint density at radius 1 is 1.25 bits per heavy atom. The first-order valence-electron chi connectivity index (χ1n) is 8.26. The highest BCUT2D eigenvalue weighted by Crippen LogP contribution is 2.25. The van der Waals surface area contributed by atoms with Gasteiger partial charge in [0.05, 0.1) is 31.1 Å². The third kappa shape index (κ3) is 2.52. The summed E-state index contributed by atoms with van der Waals surface area (Å²) in [5, 5.41) is 13.5. The molecule has 2 aromatic rings. The van der Waals surface area contributed by atoms with Gasteiger partial charge in [-0.25, -0.2) is 9.97 Å². The average molecular weight is 328 g/mol. The normalized spacial score (nSPS) is 16.6. The van der Waals surface area contributed by atoms with Crippen LogP contribution in [-0.4, -0.2) is 42.2 Å². The number of aliphatic hydroxyl groups is 1. The molecule has 1 aliphatic heterocycles. The van der Waals surface area contributed by atoms with E-state index in [1.54, 1.807) is 4.90 Å². The number of carbonyl (C=O) groups is 1. The maximum absolute atomic E-state index is 13.0. The first-order valence-corrected chi connectivity index (χ1v) is 8.26. The molecule has 2 aliphatic rings. The first-order chi connectivity index (χ1) is 11.7. The van der Waals surface area contributed by atoms with Crippen LogP contribution >= 0.6 is 0 Å². The van der Waals surface area contributed by atoms with Crippen molar-refractivity contribution in [3.05, 3.63) is 34.4 Å². The molecule has 0 saturated heterocycles. The number of nitrogens with two attached hydrogens (primary N) is 1. The van der Waals surface area contributed by atoms with Crippen LogP contribution in [-0.2, 0) is 32.5 Å². The molecule has 2 aromatic heterocycles. The number of amides is 1. The van der Waals surface area contributed by atoms with Crippen molar-refractivity contribution < 1.29 is 9.90 Å². The Labute approximate surface area is 139 Å². The van der Waals surface area contributed by atoms with Crippen LogP contribution < -0.4 is 5.73 Å². The smallest absolute Gasteiger partial charge is 0.273 e. The average Bonchev–Trinajstić information content (AvgIpc) is 3.02. The Morgan fingerprint density at radius 2 is 2.08 bits per heavy atom. The van der Waals surface area contributed by atoms with Crippen molar-refractivity contribution in [3.63, 3.8) is 0 Å². The fourth-order valence-corrected chi connectivity index (χ4v) is 3.52. The number of aryl methyl sites for hydroxylation is 1. The van der Waals surface area contributed by atoms with Crippen molar-refractivity contribution in [1.82, 2.24) is 24.6 Å². The minimum atomic E-state index is -0.0970. The summed E-state index contributed by atoms with van der Waals surface area (Å²) in [6.07, 6.45) is 3.81. The van der Waals surface area contributed by atoms with Crippen molar-refractivity contribution in [1.29, 1.82) is 0 Å². The minimum absolute atomic E-state index is 0.0934. The Hall–Kier alpha value is -2.48. The number of rotatable bonds is 2. The van der Waals surface area contributed by atoms with Gasteiger partial charge in [-0.1, -0.05) is 0 Å². The number of aromatic nitrogens is 4. The highest BCUT2D eigenvalue weighted by molar-refractivity contribution is 5.94. The summed E-state index contributed by atoms with van der Waals surface area (Å²) in [7, 11) is 0. The summed E-state index contributed by atoms with van der Waals surface area (Å²) >= 11 is 0. The van der Waals surface area contributed by atoms with E-state index in [4.69, 9.17) is 5.73 Å². The zero-order valence-corrected chi connectivity index (χ0v) is 13.4. The van der Waals surface area contributed by atoms with Crippen molar-refractivity contribution in [2.24, 2.45) is 0 Å². The molecule has 1 aliphatic carbocycles. The lowest BCUT2D eigenvalue weighted by atomic mass is 9.94. The van der Waals surface area contributed by atoms with Gasteiger partial charge in [-0.2, -0.15) is 5.10 Å². The largest absolute Gasteiger partial charge is 0.390 e. The Bertz CT molecular complexity index is 800. The second kappa shape index (κ2) is 5.86. The van der Waals surface area contributed by atoms with Crippen LogP contribution in [0, 0.1) is 0 Å². The number of anilines is 1. The van der Waals surface area contributed by atoms with E-state index in [0.29, 0.717) is 31.0 Å². The van der Waals surface area contributed by atoms with E-state index >= 15 is 0 Å². The predicted molar refractivity (Wildman–Crippen MR) is 86.0 cm³/mol. The quantitative estimate of drug-likeness (QED) is 0.819. The van der Waals surface area contributed by atoms with Gasteiger partial charge >= 0.3 is 0 Å². The van der Waals surface area contributed by atoms with Gasteiger partial charge in [-0.15, -0.1) is 0 Å². The zero-order chi connectivity index (χ0) is 16.7. The lowest BCUT2D eigenvalue weighted by Gasteiger charge is -2.28. The van der Waals surface area contributed by atoms with Gasteiger partial charge in [0, 0.05) is 17.8 Å². The molecule has 0 unspecified atom stereocenters. The molecule has 0 saturated carbocycles. The summed E-state index contributed by atoms with van der Waals surface area (Å²) in [5.74, 6) is 0.0730.